The number of nitro benzene ring substituents is 1. The average Bonchev–Trinajstić information content (AvgIpc) is 3.04. The highest BCUT2D eigenvalue weighted by Crippen LogP contribution is 2.52. The van der Waals surface area contributed by atoms with Crippen LogP contribution in [0, 0.1) is 16.0 Å². The van der Waals surface area contributed by atoms with Gasteiger partial charge in [-0.15, -0.1) is 0 Å². The monoisotopic (exact) mass is 360 g/mol. The van der Waals surface area contributed by atoms with Crippen molar-refractivity contribution in [3.63, 3.8) is 0 Å². The van der Waals surface area contributed by atoms with Gasteiger partial charge >= 0.3 is 0 Å². The maximum Gasteiger partial charge on any atom is 0.294 e. The Balaban J connectivity index is 1.86. The lowest BCUT2D eigenvalue weighted by Gasteiger charge is -2.37. The summed E-state index contributed by atoms with van der Waals surface area (Å²) < 4.78 is 0. The number of nitrogens with zero attached hydrogens (tertiary/aromatic N) is 1. The number of halogens is 2. The van der Waals surface area contributed by atoms with Crippen molar-refractivity contribution in [1.82, 2.24) is 0 Å². The molecular formula is C18H14Cl2N2O2. The molecule has 6 heteroatoms. The summed E-state index contributed by atoms with van der Waals surface area (Å²) in [6.07, 6.45) is 5.19. The molecule has 0 aromatic heterocycles. The van der Waals surface area contributed by atoms with Gasteiger partial charge in [0, 0.05) is 22.0 Å². The molecule has 1 N–H and O–H groups in total. The minimum atomic E-state index is -0.379. The zero-order valence-corrected chi connectivity index (χ0v) is 14.1. The Morgan fingerprint density at radius 2 is 1.88 bits per heavy atom. The van der Waals surface area contributed by atoms with Crippen molar-refractivity contribution in [3.8, 4) is 0 Å². The second-order valence-electron chi connectivity index (χ2n) is 6.17. The van der Waals surface area contributed by atoms with Crippen LogP contribution in [-0.4, -0.2) is 4.92 Å². The van der Waals surface area contributed by atoms with E-state index < -0.39 is 0 Å². The van der Waals surface area contributed by atoms with Crippen LogP contribution in [0.4, 0.5) is 11.4 Å². The number of nitro groups is 1. The maximum absolute atomic E-state index is 11.5. The van der Waals surface area contributed by atoms with Crippen LogP contribution in [0.3, 0.4) is 0 Å². The van der Waals surface area contributed by atoms with E-state index in [0.717, 1.165) is 17.5 Å². The fourth-order valence-electron chi connectivity index (χ4n) is 3.79. The van der Waals surface area contributed by atoms with Crippen molar-refractivity contribution >= 4 is 34.6 Å². The highest BCUT2D eigenvalue weighted by atomic mass is 35.5. The summed E-state index contributed by atoms with van der Waals surface area (Å²) in [6.45, 7) is 0. The van der Waals surface area contributed by atoms with Crippen molar-refractivity contribution in [3.05, 3.63) is 79.8 Å². The van der Waals surface area contributed by atoms with E-state index in [1.54, 1.807) is 0 Å². The third-order valence-electron chi connectivity index (χ3n) is 4.84. The summed E-state index contributed by atoms with van der Waals surface area (Å²) in [4.78, 5) is 11.1. The van der Waals surface area contributed by atoms with Crippen LogP contribution < -0.4 is 5.32 Å². The number of benzene rings is 2. The third-order valence-corrected chi connectivity index (χ3v) is 5.31. The highest BCUT2D eigenvalue weighted by Gasteiger charge is 2.40. The number of anilines is 1. The van der Waals surface area contributed by atoms with E-state index in [0.29, 0.717) is 21.7 Å². The van der Waals surface area contributed by atoms with Gasteiger partial charge in [0.2, 0.25) is 0 Å². The molecule has 24 heavy (non-hydrogen) atoms. The van der Waals surface area contributed by atoms with Gasteiger partial charge in [-0.05, 0) is 41.7 Å². The van der Waals surface area contributed by atoms with Crippen LogP contribution in [-0.2, 0) is 0 Å². The van der Waals surface area contributed by atoms with Crippen molar-refractivity contribution < 1.29 is 4.92 Å². The molecule has 1 aliphatic heterocycles. The predicted molar refractivity (Wildman–Crippen MR) is 95.9 cm³/mol. The molecule has 1 heterocycles. The molecular weight excluding hydrogens is 347 g/mol. The molecule has 0 saturated carbocycles. The van der Waals surface area contributed by atoms with Gasteiger partial charge in [-0.3, -0.25) is 10.1 Å². The first-order valence-corrected chi connectivity index (χ1v) is 8.46. The third kappa shape index (κ3) is 2.46. The summed E-state index contributed by atoms with van der Waals surface area (Å²) in [7, 11) is 0. The molecule has 0 spiro atoms. The SMILES string of the molecule is O=[N+]([O-])c1cc(Cl)cc2c1N[C@H](c1ccc(Cl)cc1)C1CC=CC21. The van der Waals surface area contributed by atoms with Crippen LogP contribution in [0.25, 0.3) is 0 Å². The van der Waals surface area contributed by atoms with Gasteiger partial charge in [-0.25, -0.2) is 0 Å². The van der Waals surface area contributed by atoms with Gasteiger partial charge in [-0.1, -0.05) is 47.5 Å². The van der Waals surface area contributed by atoms with Gasteiger partial charge < -0.3 is 5.32 Å². The Labute approximate surface area is 149 Å². The first-order valence-electron chi connectivity index (χ1n) is 7.71. The summed E-state index contributed by atoms with van der Waals surface area (Å²) in [5.74, 6) is 0.427. The minimum Gasteiger partial charge on any atom is -0.372 e. The summed E-state index contributed by atoms with van der Waals surface area (Å²) >= 11 is 12.1. The second-order valence-corrected chi connectivity index (χ2v) is 7.05. The normalized spacial score (nSPS) is 24.2. The topological polar surface area (TPSA) is 55.2 Å². The van der Waals surface area contributed by atoms with E-state index in [9.17, 15) is 10.1 Å². The zero-order chi connectivity index (χ0) is 16.8. The lowest BCUT2D eigenvalue weighted by molar-refractivity contribution is -0.384. The smallest absolute Gasteiger partial charge is 0.294 e. The second kappa shape index (κ2) is 5.80. The summed E-state index contributed by atoms with van der Waals surface area (Å²) in [5.41, 5.74) is 2.57. The van der Waals surface area contributed by atoms with Gasteiger partial charge in [0.1, 0.15) is 5.69 Å². The van der Waals surface area contributed by atoms with E-state index in [1.807, 2.05) is 30.3 Å². The van der Waals surface area contributed by atoms with Crippen LogP contribution in [0.15, 0.2) is 48.6 Å². The molecule has 0 amide bonds. The van der Waals surface area contributed by atoms with E-state index in [2.05, 4.69) is 17.5 Å². The molecule has 1 aliphatic carbocycles. The lowest BCUT2D eigenvalue weighted by Crippen LogP contribution is -2.29. The van der Waals surface area contributed by atoms with Crippen molar-refractivity contribution in [2.24, 2.45) is 5.92 Å². The van der Waals surface area contributed by atoms with E-state index in [-0.39, 0.29) is 22.6 Å². The van der Waals surface area contributed by atoms with Gasteiger partial charge in [0.15, 0.2) is 0 Å². The largest absolute Gasteiger partial charge is 0.372 e. The number of hydrogen-bond donors (Lipinski definition) is 1. The van der Waals surface area contributed by atoms with E-state index in [4.69, 9.17) is 23.2 Å². The minimum absolute atomic E-state index is 0.00496. The Morgan fingerprint density at radius 1 is 1.12 bits per heavy atom. The van der Waals surface area contributed by atoms with Crippen LogP contribution in [0.1, 0.15) is 29.5 Å². The Kier molecular flexibility index (Phi) is 3.74. The zero-order valence-electron chi connectivity index (χ0n) is 12.6. The maximum atomic E-state index is 11.5. The number of allylic oxidation sites excluding steroid dienone is 2. The van der Waals surface area contributed by atoms with Crippen molar-refractivity contribution in [1.29, 1.82) is 0 Å². The standard InChI is InChI=1S/C18H14Cl2N2O2/c19-11-6-4-10(5-7-11)17-14-3-1-2-13(14)15-8-12(20)9-16(22(23)24)18(15)21-17/h1-2,4-9,13-14,17,21H,3H2/t13?,14?,17-/m1/s1. The molecule has 4 rings (SSSR count). The fourth-order valence-corrected chi connectivity index (χ4v) is 4.14. The molecule has 2 unspecified atom stereocenters. The van der Waals surface area contributed by atoms with Gasteiger partial charge in [0.05, 0.1) is 11.0 Å². The van der Waals surface area contributed by atoms with E-state index >= 15 is 0 Å². The Morgan fingerprint density at radius 3 is 2.58 bits per heavy atom. The number of fused-ring (bicyclic) bond motifs is 3. The molecule has 0 saturated heterocycles. The number of hydrogen-bond acceptors (Lipinski definition) is 3. The average molecular weight is 361 g/mol. The molecule has 4 nitrogen and oxygen atoms in total. The first-order chi connectivity index (χ1) is 11.5. The number of rotatable bonds is 2. The fraction of sp³-hybridized carbons (Fsp3) is 0.222. The molecule has 0 radical (unpaired) electrons. The van der Waals surface area contributed by atoms with E-state index in [1.165, 1.54) is 6.07 Å². The summed E-state index contributed by atoms with van der Waals surface area (Å²) in [6, 6.07) is 10.9. The van der Waals surface area contributed by atoms with Crippen molar-refractivity contribution in [2.75, 3.05) is 5.32 Å². The number of nitrogens with one attached hydrogen (secondary N) is 1. The molecule has 2 aliphatic rings. The first kappa shape index (κ1) is 15.5. The highest BCUT2D eigenvalue weighted by molar-refractivity contribution is 6.31. The van der Waals surface area contributed by atoms with Crippen LogP contribution >= 0.6 is 23.2 Å². The predicted octanol–water partition coefficient (Wildman–Crippen LogP) is 5.73. The Hall–Kier alpha value is -2.04. The van der Waals surface area contributed by atoms with Gasteiger partial charge in [-0.2, -0.15) is 0 Å². The lowest BCUT2D eigenvalue weighted by atomic mass is 9.77. The molecule has 3 atom stereocenters. The summed E-state index contributed by atoms with van der Waals surface area (Å²) in [5, 5.41) is 15.9. The molecule has 122 valence electrons. The quantitative estimate of drug-likeness (QED) is 0.422. The van der Waals surface area contributed by atoms with Gasteiger partial charge in [0.25, 0.3) is 5.69 Å². The Bertz CT molecular complexity index is 849. The van der Waals surface area contributed by atoms with Crippen molar-refractivity contribution in [2.45, 2.75) is 18.4 Å². The molecule has 2 aromatic rings. The van der Waals surface area contributed by atoms with Crippen LogP contribution in [0.2, 0.25) is 10.0 Å². The molecule has 2 aromatic carbocycles. The molecule has 0 fully saturated rings. The van der Waals surface area contributed by atoms with Crippen LogP contribution in [0.5, 0.6) is 0 Å². The molecule has 0 bridgehead atoms.